The van der Waals surface area contributed by atoms with Crippen LogP contribution < -0.4 is 0 Å². The summed E-state index contributed by atoms with van der Waals surface area (Å²) >= 11 is 0. The van der Waals surface area contributed by atoms with Crippen LogP contribution in [0.5, 0.6) is 0 Å². The molecule has 74 valence electrons. The van der Waals surface area contributed by atoms with Gasteiger partial charge < -0.3 is 4.74 Å². The van der Waals surface area contributed by atoms with E-state index in [1.165, 1.54) is 7.11 Å². The predicted octanol–water partition coefficient (Wildman–Crippen LogP) is 1.55. The topological polar surface area (TPSA) is 43.4 Å². The smallest absolute Gasteiger partial charge is 0.311 e. The molecule has 0 bridgehead atoms. The van der Waals surface area contributed by atoms with Gasteiger partial charge in [-0.25, -0.2) is 0 Å². The van der Waals surface area contributed by atoms with Crippen molar-refractivity contribution in [3.8, 4) is 0 Å². The third kappa shape index (κ3) is 1.60. The first kappa shape index (κ1) is 10.2. The molecule has 0 spiro atoms. The summed E-state index contributed by atoms with van der Waals surface area (Å²) in [6.45, 7) is 5.55. The second-order valence-electron chi connectivity index (χ2n) is 4.71. The van der Waals surface area contributed by atoms with E-state index in [9.17, 15) is 9.59 Å². The van der Waals surface area contributed by atoms with Crippen molar-refractivity contribution in [2.24, 2.45) is 10.8 Å². The fourth-order valence-electron chi connectivity index (χ4n) is 2.12. The zero-order chi connectivity index (χ0) is 10.3. The summed E-state index contributed by atoms with van der Waals surface area (Å²) in [6.07, 6.45) is 0.901. The normalized spacial score (nSPS) is 31.8. The highest BCUT2D eigenvalue weighted by atomic mass is 16.5. The van der Waals surface area contributed by atoms with Crippen molar-refractivity contribution in [1.29, 1.82) is 0 Å². The summed E-state index contributed by atoms with van der Waals surface area (Å²) in [5.74, 6) is -0.119. The van der Waals surface area contributed by atoms with Gasteiger partial charge in [0.15, 0.2) is 0 Å². The van der Waals surface area contributed by atoms with Crippen LogP contribution in [0.4, 0.5) is 0 Å². The molecule has 0 saturated heterocycles. The number of ether oxygens (including phenoxy) is 1. The van der Waals surface area contributed by atoms with Crippen molar-refractivity contribution in [3.63, 3.8) is 0 Å². The first-order valence-corrected chi connectivity index (χ1v) is 4.43. The Morgan fingerprint density at radius 2 is 1.92 bits per heavy atom. The molecule has 3 nitrogen and oxygen atoms in total. The molecule has 0 N–H and O–H groups in total. The van der Waals surface area contributed by atoms with Crippen molar-refractivity contribution in [1.82, 2.24) is 0 Å². The summed E-state index contributed by atoms with van der Waals surface area (Å²) < 4.78 is 4.69. The molecule has 1 saturated carbocycles. The van der Waals surface area contributed by atoms with E-state index in [0.717, 1.165) is 0 Å². The lowest BCUT2D eigenvalue weighted by Gasteiger charge is -2.21. The molecule has 0 heterocycles. The highest BCUT2D eigenvalue weighted by molar-refractivity contribution is 5.94. The second-order valence-corrected chi connectivity index (χ2v) is 4.71. The van der Waals surface area contributed by atoms with Crippen molar-refractivity contribution < 1.29 is 14.3 Å². The number of carbonyl (C=O) groups is 2. The van der Waals surface area contributed by atoms with Gasteiger partial charge in [-0.15, -0.1) is 0 Å². The Labute approximate surface area is 78.5 Å². The van der Waals surface area contributed by atoms with Gasteiger partial charge in [-0.05, 0) is 13.3 Å². The Morgan fingerprint density at radius 1 is 1.38 bits per heavy atom. The van der Waals surface area contributed by atoms with Crippen LogP contribution in [0.15, 0.2) is 0 Å². The lowest BCUT2D eigenvalue weighted by atomic mass is 9.83. The van der Waals surface area contributed by atoms with Crippen LogP contribution in [0.3, 0.4) is 0 Å². The zero-order valence-corrected chi connectivity index (χ0v) is 8.64. The van der Waals surface area contributed by atoms with Crippen LogP contribution in [0, 0.1) is 10.8 Å². The van der Waals surface area contributed by atoms with Crippen LogP contribution in [0.25, 0.3) is 0 Å². The summed E-state index contributed by atoms with van der Waals surface area (Å²) in [5.41, 5.74) is -0.974. The fourth-order valence-corrected chi connectivity index (χ4v) is 2.12. The van der Waals surface area contributed by atoms with E-state index in [4.69, 9.17) is 0 Å². The average molecular weight is 184 g/mol. The predicted molar refractivity (Wildman–Crippen MR) is 48.1 cm³/mol. The average Bonchev–Trinajstić information content (AvgIpc) is 2.21. The highest BCUT2D eigenvalue weighted by Gasteiger charge is 2.51. The quantitative estimate of drug-likeness (QED) is 0.581. The van der Waals surface area contributed by atoms with E-state index in [2.05, 4.69) is 4.74 Å². The Morgan fingerprint density at radius 3 is 2.23 bits per heavy atom. The van der Waals surface area contributed by atoms with E-state index in [1.54, 1.807) is 6.92 Å². The van der Waals surface area contributed by atoms with Crippen LogP contribution in [0.1, 0.15) is 33.6 Å². The molecule has 1 aliphatic rings. The van der Waals surface area contributed by atoms with Crippen LogP contribution in [0.2, 0.25) is 0 Å². The molecular weight excluding hydrogens is 168 g/mol. The number of Topliss-reactive ketones (excluding diaryl/α,β-unsaturated/α-hetero) is 1. The number of ketones is 1. The number of hydrogen-bond donors (Lipinski definition) is 0. The third-order valence-corrected chi connectivity index (χ3v) is 2.82. The first-order chi connectivity index (χ1) is 5.82. The Kier molecular flexibility index (Phi) is 2.22. The SMILES string of the molecule is COC(=O)[C@@]1(C)CC(=O)C(C)(C)C1. The standard InChI is InChI=1S/C10H16O3/c1-9(2)6-10(3,5-7(9)11)8(12)13-4/h5-6H2,1-4H3/t10-/m0/s1. The van der Waals surface area contributed by atoms with Crippen LogP contribution >= 0.6 is 0 Å². The minimum atomic E-state index is -0.602. The van der Waals surface area contributed by atoms with Gasteiger partial charge in [0.2, 0.25) is 0 Å². The summed E-state index contributed by atoms with van der Waals surface area (Å²) in [5, 5.41) is 0. The maximum atomic E-state index is 11.5. The van der Waals surface area contributed by atoms with Crippen molar-refractivity contribution in [2.75, 3.05) is 7.11 Å². The summed E-state index contributed by atoms with van der Waals surface area (Å²) in [7, 11) is 1.36. The van der Waals surface area contributed by atoms with Gasteiger partial charge in [-0.1, -0.05) is 13.8 Å². The molecule has 1 aliphatic carbocycles. The molecular formula is C10H16O3. The molecule has 13 heavy (non-hydrogen) atoms. The second kappa shape index (κ2) is 2.82. The van der Waals surface area contributed by atoms with Crippen LogP contribution in [-0.4, -0.2) is 18.9 Å². The van der Waals surface area contributed by atoms with E-state index < -0.39 is 5.41 Å². The maximum Gasteiger partial charge on any atom is 0.311 e. The molecule has 0 unspecified atom stereocenters. The molecule has 0 radical (unpaired) electrons. The van der Waals surface area contributed by atoms with E-state index in [0.29, 0.717) is 12.8 Å². The van der Waals surface area contributed by atoms with E-state index >= 15 is 0 Å². The number of esters is 1. The molecule has 0 amide bonds. The van der Waals surface area contributed by atoms with Crippen molar-refractivity contribution in [2.45, 2.75) is 33.6 Å². The molecule has 0 aromatic heterocycles. The molecule has 3 heteroatoms. The monoisotopic (exact) mass is 184 g/mol. The number of rotatable bonds is 1. The zero-order valence-electron chi connectivity index (χ0n) is 8.64. The van der Waals surface area contributed by atoms with Crippen LogP contribution in [-0.2, 0) is 14.3 Å². The van der Waals surface area contributed by atoms with Gasteiger partial charge in [0.25, 0.3) is 0 Å². The number of methoxy groups -OCH3 is 1. The molecule has 0 aromatic carbocycles. The molecule has 0 aromatic rings. The summed E-state index contributed by atoms with van der Waals surface area (Å²) in [4.78, 5) is 22.9. The lowest BCUT2D eigenvalue weighted by molar-refractivity contribution is -0.152. The van der Waals surface area contributed by atoms with Gasteiger partial charge in [0.05, 0.1) is 12.5 Å². The Bertz CT molecular complexity index is 255. The molecule has 0 aliphatic heterocycles. The minimum absolute atomic E-state index is 0.153. The molecule has 1 atom stereocenters. The van der Waals surface area contributed by atoms with Gasteiger partial charge in [-0.2, -0.15) is 0 Å². The largest absolute Gasteiger partial charge is 0.469 e. The first-order valence-electron chi connectivity index (χ1n) is 4.43. The van der Waals surface area contributed by atoms with Gasteiger partial charge in [0.1, 0.15) is 5.78 Å². The van der Waals surface area contributed by atoms with Gasteiger partial charge >= 0.3 is 5.97 Å². The van der Waals surface area contributed by atoms with Gasteiger partial charge in [-0.3, -0.25) is 9.59 Å². The molecule has 1 rings (SSSR count). The summed E-state index contributed by atoms with van der Waals surface area (Å²) in [6, 6.07) is 0. The van der Waals surface area contributed by atoms with Crippen molar-refractivity contribution in [3.05, 3.63) is 0 Å². The Hall–Kier alpha value is -0.860. The maximum absolute atomic E-state index is 11.5. The van der Waals surface area contributed by atoms with E-state index in [1.807, 2.05) is 13.8 Å². The number of carbonyl (C=O) groups excluding carboxylic acids is 2. The number of hydrogen-bond acceptors (Lipinski definition) is 3. The fraction of sp³-hybridized carbons (Fsp3) is 0.800. The minimum Gasteiger partial charge on any atom is -0.469 e. The van der Waals surface area contributed by atoms with Gasteiger partial charge in [0, 0.05) is 11.8 Å². The Balaban J connectivity index is 2.88. The van der Waals surface area contributed by atoms with Crippen molar-refractivity contribution >= 4 is 11.8 Å². The lowest BCUT2D eigenvalue weighted by Crippen LogP contribution is -2.27. The molecule has 1 fully saturated rings. The van der Waals surface area contributed by atoms with E-state index in [-0.39, 0.29) is 17.2 Å². The third-order valence-electron chi connectivity index (χ3n) is 2.82. The highest BCUT2D eigenvalue weighted by Crippen LogP contribution is 2.46.